The topological polar surface area (TPSA) is 94.8 Å². The van der Waals surface area contributed by atoms with Gasteiger partial charge in [-0.05, 0) is 41.3 Å². The Bertz CT molecular complexity index is 908. The number of phenols is 1. The van der Waals surface area contributed by atoms with Gasteiger partial charge in [0.2, 0.25) is 0 Å². The van der Waals surface area contributed by atoms with Crippen molar-refractivity contribution in [3.8, 4) is 5.75 Å². The zero-order valence-corrected chi connectivity index (χ0v) is 13.6. The summed E-state index contributed by atoms with van der Waals surface area (Å²) in [7, 11) is -4.84. The molecule has 0 radical (unpaired) electrons. The van der Waals surface area contributed by atoms with E-state index < -0.39 is 13.1 Å². The minimum absolute atomic E-state index is 0.00952. The first-order chi connectivity index (χ1) is 10.8. The monoisotopic (exact) mass is 348 g/mol. The Hall–Kier alpha value is -1.98. The summed E-state index contributed by atoms with van der Waals surface area (Å²) < 4.78 is 12.2. The molecule has 0 unspecified atom stereocenters. The number of hydrogen-bond acceptors (Lipinski definition) is 4. The summed E-state index contributed by atoms with van der Waals surface area (Å²) in [6, 6.07) is 13.7. The fraction of sp³-hybridized carbons (Fsp3) is 0.0625. The number of hydrogen-bond donors (Lipinski definition) is 3. The minimum atomic E-state index is -4.84. The molecule has 0 aliphatic heterocycles. The Morgan fingerprint density at radius 3 is 2.52 bits per heavy atom. The predicted octanol–water partition coefficient (Wildman–Crippen LogP) is 3.52. The summed E-state index contributed by atoms with van der Waals surface area (Å²) >= 11 is 1.57. The fourth-order valence-corrected chi connectivity index (χ4v) is 3.90. The zero-order chi connectivity index (χ0) is 16.6. The van der Waals surface area contributed by atoms with Crippen LogP contribution in [0.15, 0.2) is 48.5 Å². The van der Waals surface area contributed by atoms with Gasteiger partial charge < -0.3 is 14.9 Å². The lowest BCUT2D eigenvalue weighted by Gasteiger charge is -2.07. The van der Waals surface area contributed by atoms with Crippen LogP contribution in [0.5, 0.6) is 5.75 Å². The Labute approximate surface area is 136 Å². The van der Waals surface area contributed by atoms with Crippen LogP contribution in [0.3, 0.4) is 0 Å². The van der Waals surface area contributed by atoms with E-state index in [1.54, 1.807) is 11.3 Å². The number of thiophene rings is 1. The van der Waals surface area contributed by atoms with Crippen LogP contribution in [-0.2, 0) is 11.0 Å². The summed E-state index contributed by atoms with van der Waals surface area (Å²) in [5, 5.41) is 11.0. The van der Waals surface area contributed by atoms with Gasteiger partial charge in [-0.15, -0.1) is 11.3 Å². The highest BCUT2D eigenvalue weighted by Gasteiger charge is 2.27. The van der Waals surface area contributed by atoms with Gasteiger partial charge in [0, 0.05) is 21.6 Å². The Morgan fingerprint density at radius 2 is 1.83 bits per heavy atom. The van der Waals surface area contributed by atoms with Crippen LogP contribution in [0, 0.1) is 0 Å². The van der Waals surface area contributed by atoms with Crippen molar-refractivity contribution >= 4 is 34.5 Å². The third-order valence-corrected chi connectivity index (χ3v) is 5.34. The quantitative estimate of drug-likeness (QED) is 0.627. The van der Waals surface area contributed by atoms with Crippen molar-refractivity contribution < 1.29 is 24.3 Å². The number of rotatable bonds is 4. The van der Waals surface area contributed by atoms with Gasteiger partial charge in [-0.1, -0.05) is 18.2 Å². The molecule has 0 amide bonds. The number of carbonyl (C=O) groups is 1. The van der Waals surface area contributed by atoms with Gasteiger partial charge in [0.05, 0.1) is 0 Å². The van der Waals surface area contributed by atoms with Crippen LogP contribution >= 0.6 is 18.9 Å². The summed E-state index contributed by atoms with van der Waals surface area (Å²) in [5.74, 6) is -0.00952. The average molecular weight is 348 g/mol. The van der Waals surface area contributed by atoms with E-state index in [9.17, 15) is 14.5 Å². The van der Waals surface area contributed by atoms with Crippen LogP contribution in [-0.4, -0.2) is 20.4 Å². The van der Waals surface area contributed by atoms with E-state index in [2.05, 4.69) is 0 Å². The second-order valence-corrected chi connectivity index (χ2v) is 7.78. The van der Waals surface area contributed by atoms with Gasteiger partial charge in [-0.2, -0.15) is 0 Å². The molecule has 2 aromatic carbocycles. The van der Waals surface area contributed by atoms with Crippen molar-refractivity contribution in [3.63, 3.8) is 0 Å². The number of benzene rings is 2. The molecule has 5 nitrogen and oxygen atoms in total. The average Bonchev–Trinajstić information content (AvgIpc) is 2.90. The van der Waals surface area contributed by atoms with E-state index in [-0.39, 0.29) is 11.3 Å². The van der Waals surface area contributed by atoms with Crippen molar-refractivity contribution in [1.82, 2.24) is 0 Å². The van der Waals surface area contributed by atoms with Crippen LogP contribution in [0.1, 0.15) is 20.8 Å². The molecule has 1 heterocycles. The molecular formula is C16H13O5PS. The van der Waals surface area contributed by atoms with Crippen molar-refractivity contribution in [2.24, 2.45) is 0 Å². The molecule has 7 heteroatoms. The van der Waals surface area contributed by atoms with Gasteiger partial charge in [0.25, 0.3) is 5.52 Å². The van der Waals surface area contributed by atoms with E-state index in [1.807, 2.05) is 30.3 Å². The molecule has 0 atom stereocenters. The van der Waals surface area contributed by atoms with Gasteiger partial charge in [-0.25, -0.2) is 0 Å². The van der Waals surface area contributed by atoms with Gasteiger partial charge in [0.15, 0.2) is 0 Å². The van der Waals surface area contributed by atoms with E-state index in [0.29, 0.717) is 12.0 Å². The van der Waals surface area contributed by atoms with Crippen LogP contribution in [0.2, 0.25) is 0 Å². The first-order valence-corrected chi connectivity index (χ1v) is 9.17. The highest BCUT2D eigenvalue weighted by molar-refractivity contribution is 7.70. The Morgan fingerprint density at radius 1 is 1.09 bits per heavy atom. The van der Waals surface area contributed by atoms with Crippen molar-refractivity contribution in [3.05, 3.63) is 64.5 Å². The first-order valence-electron chi connectivity index (χ1n) is 6.74. The van der Waals surface area contributed by atoms with Crippen molar-refractivity contribution in [1.29, 1.82) is 0 Å². The van der Waals surface area contributed by atoms with Crippen LogP contribution < -0.4 is 0 Å². The number of aromatic hydroxyl groups is 1. The van der Waals surface area contributed by atoms with Crippen LogP contribution in [0.25, 0.3) is 10.1 Å². The highest BCUT2D eigenvalue weighted by atomic mass is 32.1. The lowest BCUT2D eigenvalue weighted by molar-refractivity contribution is 0.104. The maximum absolute atomic E-state index is 11.7. The molecule has 0 saturated carbocycles. The molecule has 3 aromatic rings. The van der Waals surface area contributed by atoms with Crippen molar-refractivity contribution in [2.45, 2.75) is 6.42 Å². The largest absolute Gasteiger partial charge is 0.508 e. The molecule has 3 N–H and O–H groups in total. The van der Waals surface area contributed by atoms with Gasteiger partial charge in [-0.3, -0.25) is 9.36 Å². The molecule has 0 aliphatic carbocycles. The zero-order valence-electron chi connectivity index (χ0n) is 11.8. The lowest BCUT2D eigenvalue weighted by Crippen LogP contribution is -2.01. The second-order valence-electron chi connectivity index (χ2n) is 5.12. The van der Waals surface area contributed by atoms with Gasteiger partial charge in [0.1, 0.15) is 5.75 Å². The third-order valence-electron chi connectivity index (χ3n) is 3.43. The molecule has 0 saturated heterocycles. The normalized spacial score (nSPS) is 11.7. The molecule has 0 bridgehead atoms. The summed E-state index contributed by atoms with van der Waals surface area (Å²) in [6.45, 7) is 0. The molecule has 0 aliphatic rings. The van der Waals surface area contributed by atoms with E-state index in [0.717, 1.165) is 15.0 Å². The first kappa shape index (κ1) is 15.9. The molecule has 0 fully saturated rings. The van der Waals surface area contributed by atoms with E-state index in [4.69, 9.17) is 9.79 Å². The number of carbonyl (C=O) groups excluding carboxylic acids is 1. The second kappa shape index (κ2) is 5.91. The molecule has 1 aromatic heterocycles. The number of fused-ring (bicyclic) bond motifs is 1. The minimum Gasteiger partial charge on any atom is -0.508 e. The van der Waals surface area contributed by atoms with E-state index >= 15 is 0 Å². The fourth-order valence-electron chi connectivity index (χ4n) is 2.34. The Kier molecular flexibility index (Phi) is 4.08. The SMILES string of the molecule is O=C(c1ccc(O)c(Cc2cc3ccccc3s2)c1)P(=O)(O)O. The molecular weight excluding hydrogens is 335 g/mol. The maximum Gasteiger partial charge on any atom is 0.396 e. The van der Waals surface area contributed by atoms with Crippen LogP contribution in [0.4, 0.5) is 0 Å². The van der Waals surface area contributed by atoms with Crippen molar-refractivity contribution in [2.75, 3.05) is 0 Å². The lowest BCUT2D eigenvalue weighted by atomic mass is 10.1. The molecule has 23 heavy (non-hydrogen) atoms. The smallest absolute Gasteiger partial charge is 0.396 e. The van der Waals surface area contributed by atoms with Gasteiger partial charge >= 0.3 is 7.60 Å². The predicted molar refractivity (Wildman–Crippen MR) is 89.1 cm³/mol. The molecule has 118 valence electrons. The molecule has 3 rings (SSSR count). The summed E-state index contributed by atoms with van der Waals surface area (Å²) in [6.07, 6.45) is 0.382. The summed E-state index contributed by atoms with van der Waals surface area (Å²) in [4.78, 5) is 30.6. The standard InChI is InChI=1S/C16H13O5PS/c17-14-6-5-11(16(18)22(19,20)21)7-12(14)9-13-8-10-3-1-2-4-15(10)23-13/h1-8,17H,9H2,(H2,19,20,21). The highest BCUT2D eigenvalue weighted by Crippen LogP contribution is 2.40. The summed E-state index contributed by atoms with van der Waals surface area (Å²) in [5.41, 5.74) is -0.891. The Balaban J connectivity index is 1.96. The maximum atomic E-state index is 11.7. The number of phenolic OH excluding ortho intramolecular Hbond substituents is 1. The van der Waals surface area contributed by atoms with E-state index in [1.165, 1.54) is 18.2 Å². The molecule has 0 spiro atoms. The third kappa shape index (κ3) is 3.35.